The molecule has 116 valence electrons. The van der Waals surface area contributed by atoms with E-state index in [-0.39, 0.29) is 11.7 Å². The molecule has 1 heterocycles. The SMILES string of the molecule is CC1(C(=O)N2CCN(CCS(C)(=O)=O)CC2)CC1(Cl)Cl. The summed E-state index contributed by atoms with van der Waals surface area (Å²) in [6.45, 7) is 4.90. The summed E-state index contributed by atoms with van der Waals surface area (Å²) in [7, 11) is -2.94. The van der Waals surface area contributed by atoms with E-state index < -0.39 is 19.6 Å². The van der Waals surface area contributed by atoms with Crippen molar-refractivity contribution in [2.45, 2.75) is 17.7 Å². The second-order valence-corrected chi connectivity index (χ2v) is 9.72. The van der Waals surface area contributed by atoms with Crippen LogP contribution in [0.25, 0.3) is 0 Å². The van der Waals surface area contributed by atoms with Crippen LogP contribution < -0.4 is 0 Å². The number of piperazine rings is 1. The van der Waals surface area contributed by atoms with Gasteiger partial charge in [-0.15, -0.1) is 23.2 Å². The number of hydrogen-bond donors (Lipinski definition) is 0. The molecule has 1 amide bonds. The number of carbonyl (C=O) groups excluding carboxylic acids is 1. The van der Waals surface area contributed by atoms with Crippen LogP contribution >= 0.6 is 23.2 Å². The standard InChI is InChI=1S/C12H20Cl2N2O3S/c1-11(9-12(11,13)14)10(17)16-5-3-15(4-6-16)7-8-20(2,18)19/h3-9H2,1-2H3. The van der Waals surface area contributed by atoms with Crippen LogP contribution in [0.3, 0.4) is 0 Å². The van der Waals surface area contributed by atoms with Crippen LogP contribution in [0, 0.1) is 5.41 Å². The van der Waals surface area contributed by atoms with Gasteiger partial charge in [-0.25, -0.2) is 8.42 Å². The van der Waals surface area contributed by atoms with Crippen molar-refractivity contribution in [3.63, 3.8) is 0 Å². The molecule has 0 radical (unpaired) electrons. The van der Waals surface area contributed by atoms with Crippen LogP contribution in [0.5, 0.6) is 0 Å². The molecule has 1 unspecified atom stereocenters. The van der Waals surface area contributed by atoms with Gasteiger partial charge in [0.25, 0.3) is 0 Å². The molecule has 0 aromatic heterocycles. The number of nitrogens with zero attached hydrogens (tertiary/aromatic N) is 2. The van der Waals surface area contributed by atoms with E-state index in [1.807, 2.05) is 0 Å². The average molecular weight is 343 g/mol. The molecule has 0 aromatic rings. The van der Waals surface area contributed by atoms with E-state index in [1.54, 1.807) is 11.8 Å². The summed E-state index contributed by atoms with van der Waals surface area (Å²) in [5, 5.41) is 0. The van der Waals surface area contributed by atoms with Crippen molar-refractivity contribution in [1.29, 1.82) is 0 Å². The molecule has 0 bridgehead atoms. The van der Waals surface area contributed by atoms with E-state index in [0.29, 0.717) is 39.1 Å². The smallest absolute Gasteiger partial charge is 0.231 e. The molecular weight excluding hydrogens is 323 g/mol. The molecule has 2 fully saturated rings. The molecule has 1 saturated heterocycles. The summed E-state index contributed by atoms with van der Waals surface area (Å²) >= 11 is 12.1. The van der Waals surface area contributed by atoms with Crippen LogP contribution in [0.2, 0.25) is 0 Å². The van der Waals surface area contributed by atoms with Gasteiger partial charge in [0.05, 0.1) is 11.2 Å². The summed E-state index contributed by atoms with van der Waals surface area (Å²) in [4.78, 5) is 16.2. The third-order valence-electron chi connectivity index (χ3n) is 4.17. The van der Waals surface area contributed by atoms with Gasteiger partial charge >= 0.3 is 0 Å². The number of amides is 1. The minimum Gasteiger partial charge on any atom is -0.340 e. The molecule has 0 spiro atoms. The largest absolute Gasteiger partial charge is 0.340 e. The van der Waals surface area contributed by atoms with Gasteiger partial charge in [-0.2, -0.15) is 0 Å². The molecule has 2 rings (SSSR count). The number of carbonyl (C=O) groups is 1. The molecular formula is C12H20Cl2N2O3S. The molecule has 0 aromatic carbocycles. The Kier molecular flexibility index (Phi) is 4.33. The van der Waals surface area contributed by atoms with Crippen molar-refractivity contribution in [3.8, 4) is 0 Å². The maximum Gasteiger partial charge on any atom is 0.231 e. The Morgan fingerprint density at radius 3 is 2.10 bits per heavy atom. The van der Waals surface area contributed by atoms with E-state index in [2.05, 4.69) is 4.90 Å². The van der Waals surface area contributed by atoms with Crippen molar-refractivity contribution in [1.82, 2.24) is 9.80 Å². The van der Waals surface area contributed by atoms with Gasteiger partial charge < -0.3 is 4.90 Å². The van der Waals surface area contributed by atoms with Crippen LogP contribution in [0.4, 0.5) is 0 Å². The highest BCUT2D eigenvalue weighted by atomic mass is 35.5. The fraction of sp³-hybridized carbons (Fsp3) is 0.917. The highest BCUT2D eigenvalue weighted by Gasteiger charge is 2.68. The minimum absolute atomic E-state index is 0.00487. The Bertz CT molecular complexity index is 501. The first-order chi connectivity index (χ1) is 9.05. The van der Waals surface area contributed by atoms with Gasteiger partial charge in [-0.05, 0) is 13.3 Å². The number of halogens is 2. The van der Waals surface area contributed by atoms with E-state index in [9.17, 15) is 13.2 Å². The maximum absolute atomic E-state index is 12.4. The van der Waals surface area contributed by atoms with Crippen LogP contribution in [0.1, 0.15) is 13.3 Å². The second kappa shape index (κ2) is 5.30. The number of rotatable bonds is 4. The first kappa shape index (κ1) is 16.3. The molecule has 1 aliphatic heterocycles. The van der Waals surface area contributed by atoms with Gasteiger partial charge in [0.2, 0.25) is 5.91 Å². The molecule has 0 N–H and O–H groups in total. The van der Waals surface area contributed by atoms with Gasteiger partial charge in [0.1, 0.15) is 14.2 Å². The summed E-state index contributed by atoms with van der Waals surface area (Å²) < 4.78 is 21.3. The Labute approximate surface area is 130 Å². The molecule has 20 heavy (non-hydrogen) atoms. The number of hydrogen-bond acceptors (Lipinski definition) is 4. The van der Waals surface area contributed by atoms with E-state index >= 15 is 0 Å². The van der Waals surface area contributed by atoms with E-state index in [0.717, 1.165) is 0 Å². The lowest BCUT2D eigenvalue weighted by Crippen LogP contribution is -2.51. The van der Waals surface area contributed by atoms with Crippen molar-refractivity contribution < 1.29 is 13.2 Å². The molecule has 1 atom stereocenters. The first-order valence-corrected chi connectivity index (χ1v) is 9.44. The predicted octanol–water partition coefficient (Wildman–Crippen LogP) is 0.759. The Balaban J connectivity index is 1.82. The second-order valence-electron chi connectivity index (χ2n) is 5.98. The van der Waals surface area contributed by atoms with Gasteiger partial charge in [0, 0.05) is 39.0 Å². The summed E-state index contributed by atoms with van der Waals surface area (Å²) in [6.07, 6.45) is 1.73. The summed E-state index contributed by atoms with van der Waals surface area (Å²) in [5.41, 5.74) is -0.662. The average Bonchev–Trinajstić information content (AvgIpc) is 2.86. The summed E-state index contributed by atoms with van der Waals surface area (Å²) in [5.74, 6) is 0.163. The van der Waals surface area contributed by atoms with Crippen LogP contribution in [-0.2, 0) is 14.6 Å². The third-order valence-corrected chi connectivity index (χ3v) is 6.19. The highest BCUT2D eigenvalue weighted by molar-refractivity contribution is 7.90. The summed E-state index contributed by atoms with van der Waals surface area (Å²) in [6, 6.07) is 0. The zero-order chi connectivity index (χ0) is 15.2. The van der Waals surface area contributed by atoms with E-state index in [1.165, 1.54) is 6.26 Å². The van der Waals surface area contributed by atoms with Crippen molar-refractivity contribution in [2.24, 2.45) is 5.41 Å². The Morgan fingerprint density at radius 2 is 1.70 bits per heavy atom. The predicted molar refractivity (Wildman–Crippen MR) is 79.9 cm³/mol. The zero-order valence-electron chi connectivity index (χ0n) is 11.7. The Hall–Kier alpha value is -0.0400. The van der Waals surface area contributed by atoms with Gasteiger partial charge in [-0.1, -0.05) is 0 Å². The van der Waals surface area contributed by atoms with Crippen molar-refractivity contribution in [2.75, 3.05) is 44.7 Å². The molecule has 1 saturated carbocycles. The van der Waals surface area contributed by atoms with Gasteiger partial charge in [-0.3, -0.25) is 9.69 Å². The first-order valence-electron chi connectivity index (χ1n) is 6.62. The minimum atomic E-state index is -2.94. The quantitative estimate of drug-likeness (QED) is 0.707. The van der Waals surface area contributed by atoms with Crippen molar-refractivity contribution >= 4 is 38.9 Å². The third kappa shape index (κ3) is 3.40. The fourth-order valence-corrected chi connectivity index (χ4v) is 3.74. The number of sulfone groups is 1. The lowest BCUT2D eigenvalue weighted by molar-refractivity contribution is -0.138. The molecule has 8 heteroatoms. The zero-order valence-corrected chi connectivity index (χ0v) is 14.1. The van der Waals surface area contributed by atoms with Gasteiger partial charge in [0.15, 0.2) is 0 Å². The monoisotopic (exact) mass is 342 g/mol. The van der Waals surface area contributed by atoms with Crippen LogP contribution in [0.15, 0.2) is 0 Å². The fourth-order valence-electron chi connectivity index (χ4n) is 2.45. The topological polar surface area (TPSA) is 57.7 Å². The normalized spacial score (nSPS) is 30.3. The molecule has 1 aliphatic carbocycles. The highest BCUT2D eigenvalue weighted by Crippen LogP contribution is 2.64. The van der Waals surface area contributed by atoms with Crippen molar-refractivity contribution in [3.05, 3.63) is 0 Å². The van der Waals surface area contributed by atoms with Crippen LogP contribution in [-0.4, -0.2) is 73.2 Å². The molecule has 5 nitrogen and oxygen atoms in total. The lowest BCUT2D eigenvalue weighted by Gasteiger charge is -2.36. The Morgan fingerprint density at radius 1 is 1.20 bits per heavy atom. The number of alkyl halides is 2. The van der Waals surface area contributed by atoms with E-state index in [4.69, 9.17) is 23.2 Å². The maximum atomic E-state index is 12.4. The molecule has 2 aliphatic rings. The lowest BCUT2D eigenvalue weighted by atomic mass is 10.1.